The number of hydrogen-bond donors (Lipinski definition) is 0. The van der Waals surface area contributed by atoms with Gasteiger partial charge in [0.05, 0.1) is 12.4 Å². The van der Waals surface area contributed by atoms with Crippen LogP contribution in [0.15, 0.2) is 18.2 Å². The molecule has 0 saturated carbocycles. The number of hydrogen-bond acceptors (Lipinski definition) is 3. The second kappa shape index (κ2) is 7.00. The van der Waals surface area contributed by atoms with E-state index in [1.807, 2.05) is 25.1 Å². The maximum absolute atomic E-state index is 10.7. The molecular weight excluding hydrogens is 272 g/mol. The molecule has 0 unspecified atom stereocenters. The first-order valence-corrected chi connectivity index (χ1v) is 8.49. The number of unbranched alkanes of at least 4 members (excludes halogenated alkanes) is 2. The fourth-order valence-corrected chi connectivity index (χ4v) is 2.42. The van der Waals surface area contributed by atoms with E-state index in [1.54, 1.807) is 0 Å². The van der Waals surface area contributed by atoms with Crippen LogP contribution in [0.4, 0.5) is 0 Å². The van der Waals surface area contributed by atoms with Gasteiger partial charge in [-0.15, -0.1) is 0 Å². The van der Waals surface area contributed by atoms with Crippen molar-refractivity contribution in [3.05, 3.63) is 29.3 Å². The lowest BCUT2D eigenvalue weighted by molar-refractivity contribution is 0.306. The second-order valence-corrected chi connectivity index (χ2v) is 7.29. The Labute approximate surface area is 114 Å². The maximum Gasteiger partial charge on any atom is 0.232 e. The zero-order valence-corrected chi connectivity index (χ0v) is 12.4. The Hall–Kier alpha value is -0.740. The van der Waals surface area contributed by atoms with Gasteiger partial charge < -0.3 is 4.74 Å². The molecule has 0 aliphatic rings. The lowest BCUT2D eigenvalue weighted by Gasteiger charge is -2.08. The van der Waals surface area contributed by atoms with Crippen LogP contribution in [0.25, 0.3) is 0 Å². The van der Waals surface area contributed by atoms with E-state index in [-0.39, 0.29) is 5.75 Å². The van der Waals surface area contributed by atoms with Crippen LogP contribution >= 0.6 is 10.7 Å². The Morgan fingerprint density at radius 3 is 2.44 bits per heavy atom. The summed E-state index contributed by atoms with van der Waals surface area (Å²) in [6.07, 6.45) is 2.22. The number of rotatable bonds is 7. The molecule has 1 rings (SSSR count). The normalized spacial score (nSPS) is 11.5. The summed E-state index contributed by atoms with van der Waals surface area (Å²) < 4.78 is 27.0. The van der Waals surface area contributed by atoms with Gasteiger partial charge in [-0.1, -0.05) is 6.07 Å². The van der Waals surface area contributed by atoms with Crippen LogP contribution in [-0.2, 0) is 9.05 Å². The van der Waals surface area contributed by atoms with Crippen molar-refractivity contribution in [1.82, 2.24) is 0 Å². The van der Waals surface area contributed by atoms with E-state index in [0.717, 1.165) is 18.6 Å². The highest BCUT2D eigenvalue weighted by Crippen LogP contribution is 2.16. The number of benzene rings is 1. The lowest BCUT2D eigenvalue weighted by atomic mass is 10.1. The monoisotopic (exact) mass is 290 g/mol. The molecular formula is C13H19ClO3S. The molecule has 0 fully saturated rings. The fraction of sp³-hybridized carbons (Fsp3) is 0.538. The Morgan fingerprint density at radius 2 is 1.83 bits per heavy atom. The minimum Gasteiger partial charge on any atom is -0.494 e. The van der Waals surface area contributed by atoms with Gasteiger partial charge in [0.2, 0.25) is 9.05 Å². The number of ether oxygens (including phenoxy) is 1. The topological polar surface area (TPSA) is 43.4 Å². The quantitative estimate of drug-likeness (QED) is 0.571. The number of aryl methyl sites for hydroxylation is 2. The minimum atomic E-state index is -3.34. The molecule has 102 valence electrons. The van der Waals surface area contributed by atoms with Crippen LogP contribution in [0.1, 0.15) is 30.4 Å². The van der Waals surface area contributed by atoms with Crippen molar-refractivity contribution in [2.24, 2.45) is 0 Å². The molecule has 0 spiro atoms. The van der Waals surface area contributed by atoms with Crippen LogP contribution in [0.3, 0.4) is 0 Å². The predicted octanol–water partition coefficient (Wildman–Crippen LogP) is 3.42. The van der Waals surface area contributed by atoms with E-state index >= 15 is 0 Å². The summed E-state index contributed by atoms with van der Waals surface area (Å²) >= 11 is 0. The molecule has 0 atom stereocenters. The molecule has 18 heavy (non-hydrogen) atoms. The van der Waals surface area contributed by atoms with Crippen LogP contribution < -0.4 is 4.74 Å². The SMILES string of the molecule is Cc1ccc(OCCCCCS(=O)(=O)Cl)cc1C. The molecule has 1 aromatic rings. The smallest absolute Gasteiger partial charge is 0.232 e. The lowest BCUT2D eigenvalue weighted by Crippen LogP contribution is -2.01. The van der Waals surface area contributed by atoms with E-state index in [9.17, 15) is 8.42 Å². The average molecular weight is 291 g/mol. The summed E-state index contributed by atoms with van der Waals surface area (Å²) in [5, 5.41) is 0. The molecule has 3 nitrogen and oxygen atoms in total. The zero-order chi connectivity index (χ0) is 13.6. The minimum absolute atomic E-state index is 0.0399. The van der Waals surface area contributed by atoms with Gasteiger partial charge in [-0.3, -0.25) is 0 Å². The summed E-state index contributed by atoms with van der Waals surface area (Å²) in [5.74, 6) is 0.904. The van der Waals surface area contributed by atoms with Gasteiger partial charge in [0.25, 0.3) is 0 Å². The molecule has 0 aliphatic heterocycles. The van der Waals surface area contributed by atoms with E-state index < -0.39 is 9.05 Å². The van der Waals surface area contributed by atoms with Gasteiger partial charge in [-0.05, 0) is 56.4 Å². The first-order valence-electron chi connectivity index (χ1n) is 6.01. The highest BCUT2D eigenvalue weighted by molar-refractivity contribution is 8.13. The Balaban J connectivity index is 2.20. The van der Waals surface area contributed by atoms with Crippen molar-refractivity contribution >= 4 is 19.7 Å². The summed E-state index contributed by atoms with van der Waals surface area (Å²) in [6.45, 7) is 4.71. The molecule has 0 heterocycles. The van der Waals surface area contributed by atoms with Crippen molar-refractivity contribution < 1.29 is 13.2 Å². The van der Waals surface area contributed by atoms with Crippen LogP contribution in [0.5, 0.6) is 5.75 Å². The standard InChI is InChI=1S/C13H19ClO3S/c1-11-6-7-13(10-12(11)2)17-8-4-3-5-9-18(14,15)16/h6-7,10H,3-5,8-9H2,1-2H3. The van der Waals surface area contributed by atoms with E-state index in [1.165, 1.54) is 11.1 Å². The summed E-state index contributed by atoms with van der Waals surface area (Å²) in [6, 6.07) is 5.99. The van der Waals surface area contributed by atoms with Crippen molar-refractivity contribution in [2.45, 2.75) is 33.1 Å². The van der Waals surface area contributed by atoms with Gasteiger partial charge in [0.1, 0.15) is 5.75 Å². The Kier molecular flexibility index (Phi) is 5.96. The summed E-state index contributed by atoms with van der Waals surface area (Å²) in [4.78, 5) is 0. The van der Waals surface area contributed by atoms with E-state index in [0.29, 0.717) is 13.0 Å². The van der Waals surface area contributed by atoms with Gasteiger partial charge >= 0.3 is 0 Å². The first-order chi connectivity index (χ1) is 8.38. The van der Waals surface area contributed by atoms with Gasteiger partial charge in [0, 0.05) is 10.7 Å². The van der Waals surface area contributed by atoms with Crippen molar-refractivity contribution in [3.63, 3.8) is 0 Å². The molecule has 5 heteroatoms. The Morgan fingerprint density at radius 1 is 1.11 bits per heavy atom. The third-order valence-electron chi connectivity index (χ3n) is 2.78. The molecule has 0 radical (unpaired) electrons. The van der Waals surface area contributed by atoms with Crippen molar-refractivity contribution in [3.8, 4) is 5.75 Å². The Bertz CT molecular complexity index is 483. The predicted molar refractivity (Wildman–Crippen MR) is 74.9 cm³/mol. The third kappa shape index (κ3) is 6.26. The maximum atomic E-state index is 10.7. The molecule has 0 aromatic heterocycles. The molecule has 0 aliphatic carbocycles. The van der Waals surface area contributed by atoms with Gasteiger partial charge in [-0.25, -0.2) is 8.42 Å². The average Bonchev–Trinajstić information content (AvgIpc) is 2.26. The molecule has 0 N–H and O–H groups in total. The second-order valence-electron chi connectivity index (χ2n) is 4.40. The summed E-state index contributed by atoms with van der Waals surface area (Å²) in [7, 11) is 1.77. The van der Waals surface area contributed by atoms with E-state index in [2.05, 4.69) is 6.92 Å². The largest absolute Gasteiger partial charge is 0.494 e. The van der Waals surface area contributed by atoms with Gasteiger partial charge in [0.15, 0.2) is 0 Å². The van der Waals surface area contributed by atoms with Crippen molar-refractivity contribution in [2.75, 3.05) is 12.4 Å². The van der Waals surface area contributed by atoms with E-state index in [4.69, 9.17) is 15.4 Å². The van der Waals surface area contributed by atoms with Crippen LogP contribution in [-0.4, -0.2) is 20.8 Å². The third-order valence-corrected chi connectivity index (χ3v) is 4.02. The van der Waals surface area contributed by atoms with Crippen molar-refractivity contribution in [1.29, 1.82) is 0 Å². The highest BCUT2D eigenvalue weighted by Gasteiger charge is 2.04. The zero-order valence-electron chi connectivity index (χ0n) is 10.8. The molecule has 1 aromatic carbocycles. The van der Waals surface area contributed by atoms with Gasteiger partial charge in [-0.2, -0.15) is 0 Å². The number of halogens is 1. The van der Waals surface area contributed by atoms with Crippen LogP contribution in [0, 0.1) is 13.8 Å². The first kappa shape index (κ1) is 15.3. The fourth-order valence-electron chi connectivity index (χ4n) is 1.55. The highest BCUT2D eigenvalue weighted by atomic mass is 35.7. The summed E-state index contributed by atoms with van der Waals surface area (Å²) in [5.41, 5.74) is 2.45. The molecule has 0 saturated heterocycles. The van der Waals surface area contributed by atoms with Crippen LogP contribution in [0.2, 0.25) is 0 Å². The molecule has 0 bridgehead atoms. The molecule has 0 amide bonds.